The highest BCUT2D eigenvalue weighted by Gasteiger charge is 2.51. The molecule has 1 heterocycles. The Morgan fingerprint density at radius 1 is 0.719 bits per heavy atom. The van der Waals surface area contributed by atoms with Crippen molar-refractivity contribution in [2.45, 2.75) is 38.0 Å². The second-order valence-corrected chi connectivity index (χ2v) is 8.90. The van der Waals surface area contributed by atoms with E-state index in [-0.39, 0.29) is 23.9 Å². The first-order valence-electron chi connectivity index (χ1n) is 11.3. The van der Waals surface area contributed by atoms with E-state index in [0.29, 0.717) is 6.42 Å². The van der Waals surface area contributed by atoms with E-state index in [1.807, 2.05) is 42.5 Å². The number of methoxy groups -OCH3 is 2. The van der Waals surface area contributed by atoms with Gasteiger partial charge in [-0.15, -0.1) is 0 Å². The quantitative estimate of drug-likeness (QED) is 0.553. The van der Waals surface area contributed by atoms with Crippen LogP contribution in [0.3, 0.4) is 0 Å². The minimum Gasteiger partial charge on any atom is -0.497 e. The summed E-state index contributed by atoms with van der Waals surface area (Å²) in [6.07, 6.45) is 0.608. The fourth-order valence-electron chi connectivity index (χ4n) is 5.11. The number of hydrogen-bond acceptors (Lipinski definition) is 4. The van der Waals surface area contributed by atoms with Gasteiger partial charge in [0.2, 0.25) is 0 Å². The van der Waals surface area contributed by atoms with Crippen molar-refractivity contribution < 1.29 is 14.6 Å². The Labute approximate surface area is 191 Å². The first-order valence-corrected chi connectivity index (χ1v) is 11.3. The predicted octanol–water partition coefficient (Wildman–Crippen LogP) is 5.34. The summed E-state index contributed by atoms with van der Waals surface area (Å²) in [7, 11) is 3.35. The van der Waals surface area contributed by atoms with Crippen molar-refractivity contribution in [3.05, 3.63) is 95.6 Å². The van der Waals surface area contributed by atoms with Crippen molar-refractivity contribution >= 4 is 0 Å². The highest BCUT2D eigenvalue weighted by molar-refractivity contribution is 5.35. The Morgan fingerprint density at radius 2 is 1.16 bits per heavy atom. The van der Waals surface area contributed by atoms with E-state index in [1.165, 1.54) is 0 Å². The van der Waals surface area contributed by atoms with E-state index in [0.717, 1.165) is 28.2 Å². The lowest BCUT2D eigenvalue weighted by Gasteiger charge is -2.52. The molecule has 0 radical (unpaired) electrons. The molecule has 1 fully saturated rings. The SMILES string of the molecule is COc1ccc([C@H]2N[C@H](c3ccc(OC)cc3)[C@H](C)C(O)(Cc3ccccc3)[C@H]2C)cc1. The molecule has 0 amide bonds. The van der Waals surface area contributed by atoms with Gasteiger partial charge in [0.05, 0.1) is 19.8 Å². The van der Waals surface area contributed by atoms with Gasteiger partial charge in [0.25, 0.3) is 0 Å². The number of hydrogen-bond donors (Lipinski definition) is 2. The van der Waals surface area contributed by atoms with Gasteiger partial charge in [-0.05, 0) is 41.0 Å². The second-order valence-electron chi connectivity index (χ2n) is 8.90. The summed E-state index contributed by atoms with van der Waals surface area (Å²) in [6, 6.07) is 26.6. The molecule has 0 bridgehead atoms. The number of aliphatic hydroxyl groups is 1. The molecule has 4 heteroatoms. The minimum atomic E-state index is -0.887. The van der Waals surface area contributed by atoms with Crippen molar-refractivity contribution in [1.82, 2.24) is 5.32 Å². The molecular weight excluding hydrogens is 398 g/mol. The molecule has 4 rings (SSSR count). The molecule has 1 saturated heterocycles. The van der Waals surface area contributed by atoms with Gasteiger partial charge in [-0.25, -0.2) is 0 Å². The summed E-state index contributed by atoms with van der Waals surface area (Å²) in [6.45, 7) is 4.32. The Morgan fingerprint density at radius 3 is 1.56 bits per heavy atom. The van der Waals surface area contributed by atoms with E-state index >= 15 is 0 Å². The highest BCUT2D eigenvalue weighted by atomic mass is 16.5. The average molecular weight is 432 g/mol. The van der Waals surface area contributed by atoms with Crippen molar-refractivity contribution in [3.8, 4) is 11.5 Å². The van der Waals surface area contributed by atoms with Crippen molar-refractivity contribution in [3.63, 3.8) is 0 Å². The lowest BCUT2D eigenvalue weighted by atomic mass is 9.64. The van der Waals surface area contributed by atoms with Crippen molar-refractivity contribution in [2.75, 3.05) is 14.2 Å². The standard InChI is InChI=1S/C28H33NO3/c1-19-26(22-10-14-24(31-3)15-11-22)29-27(23-12-16-25(32-4)17-13-23)20(2)28(19,30)18-21-8-6-5-7-9-21/h5-17,19-20,26-27,29-30H,18H2,1-4H3/t19-,20-,26-,27-/m0/s1. The van der Waals surface area contributed by atoms with Crippen LogP contribution in [0.2, 0.25) is 0 Å². The average Bonchev–Trinajstić information content (AvgIpc) is 2.84. The maximum Gasteiger partial charge on any atom is 0.118 e. The maximum atomic E-state index is 12.2. The molecule has 32 heavy (non-hydrogen) atoms. The summed E-state index contributed by atoms with van der Waals surface area (Å²) in [5, 5.41) is 16.1. The van der Waals surface area contributed by atoms with Crippen LogP contribution in [0, 0.1) is 11.8 Å². The van der Waals surface area contributed by atoms with E-state index in [2.05, 4.69) is 55.6 Å². The van der Waals surface area contributed by atoms with Crippen LogP contribution in [0.1, 0.15) is 42.6 Å². The number of benzene rings is 3. The van der Waals surface area contributed by atoms with Crippen LogP contribution in [0.5, 0.6) is 11.5 Å². The topological polar surface area (TPSA) is 50.7 Å². The lowest BCUT2D eigenvalue weighted by Crippen LogP contribution is -2.58. The number of ether oxygens (including phenoxy) is 2. The molecule has 0 aromatic heterocycles. The van der Waals surface area contributed by atoms with E-state index in [4.69, 9.17) is 9.47 Å². The van der Waals surface area contributed by atoms with E-state index in [1.54, 1.807) is 14.2 Å². The van der Waals surface area contributed by atoms with Crippen LogP contribution in [-0.2, 0) is 6.42 Å². The Balaban J connectivity index is 1.74. The fraction of sp³-hybridized carbons (Fsp3) is 0.357. The van der Waals surface area contributed by atoms with Crippen LogP contribution < -0.4 is 14.8 Å². The third-order valence-corrected chi connectivity index (χ3v) is 7.22. The van der Waals surface area contributed by atoms with Gasteiger partial charge in [0.1, 0.15) is 11.5 Å². The molecule has 0 aliphatic carbocycles. The van der Waals surface area contributed by atoms with Crippen LogP contribution >= 0.6 is 0 Å². The molecule has 0 spiro atoms. The van der Waals surface area contributed by atoms with Crippen LogP contribution in [0.4, 0.5) is 0 Å². The fourth-order valence-corrected chi connectivity index (χ4v) is 5.11. The molecule has 4 atom stereocenters. The molecule has 1 aliphatic rings. The summed E-state index contributed by atoms with van der Waals surface area (Å²) >= 11 is 0. The molecular formula is C28H33NO3. The third kappa shape index (κ3) is 4.25. The largest absolute Gasteiger partial charge is 0.497 e. The number of rotatable bonds is 6. The zero-order valence-electron chi connectivity index (χ0n) is 19.3. The third-order valence-electron chi connectivity index (χ3n) is 7.22. The Hall–Kier alpha value is -2.82. The zero-order chi connectivity index (χ0) is 22.7. The van der Waals surface area contributed by atoms with Crippen molar-refractivity contribution in [1.29, 1.82) is 0 Å². The lowest BCUT2D eigenvalue weighted by molar-refractivity contribution is -0.110. The summed E-state index contributed by atoms with van der Waals surface area (Å²) in [4.78, 5) is 0. The molecule has 1 aliphatic heterocycles. The van der Waals surface area contributed by atoms with Crippen molar-refractivity contribution in [2.24, 2.45) is 11.8 Å². The molecule has 0 unspecified atom stereocenters. The first kappa shape index (κ1) is 22.4. The molecule has 3 aromatic rings. The Kier molecular flexibility index (Phi) is 6.54. The highest BCUT2D eigenvalue weighted by Crippen LogP contribution is 2.48. The van der Waals surface area contributed by atoms with Crippen LogP contribution in [-0.4, -0.2) is 24.9 Å². The van der Waals surface area contributed by atoms with Gasteiger partial charge in [-0.3, -0.25) is 0 Å². The smallest absolute Gasteiger partial charge is 0.118 e. The van der Waals surface area contributed by atoms with Gasteiger partial charge in [-0.1, -0.05) is 68.4 Å². The van der Waals surface area contributed by atoms with E-state index in [9.17, 15) is 5.11 Å². The normalized spacial score (nSPS) is 27.7. The Bertz CT molecular complexity index is 942. The van der Waals surface area contributed by atoms with E-state index < -0.39 is 5.60 Å². The summed E-state index contributed by atoms with van der Waals surface area (Å²) in [5.74, 6) is 1.66. The zero-order valence-corrected chi connectivity index (χ0v) is 19.3. The number of piperidine rings is 1. The summed E-state index contributed by atoms with van der Waals surface area (Å²) < 4.78 is 10.7. The molecule has 2 N–H and O–H groups in total. The predicted molar refractivity (Wildman–Crippen MR) is 128 cm³/mol. The molecule has 3 aromatic carbocycles. The minimum absolute atomic E-state index is 0.000555. The second kappa shape index (κ2) is 9.35. The van der Waals surface area contributed by atoms with Gasteiger partial charge < -0.3 is 19.9 Å². The molecule has 4 nitrogen and oxygen atoms in total. The van der Waals surface area contributed by atoms with Gasteiger partial charge >= 0.3 is 0 Å². The number of nitrogens with one attached hydrogen (secondary N) is 1. The van der Waals surface area contributed by atoms with Crippen LogP contribution in [0.15, 0.2) is 78.9 Å². The first-order chi connectivity index (χ1) is 15.5. The van der Waals surface area contributed by atoms with Gasteiger partial charge in [0.15, 0.2) is 0 Å². The molecule has 168 valence electrons. The summed E-state index contributed by atoms with van der Waals surface area (Å²) in [5.41, 5.74) is 2.56. The monoisotopic (exact) mass is 431 g/mol. The van der Waals surface area contributed by atoms with Gasteiger partial charge in [-0.2, -0.15) is 0 Å². The van der Waals surface area contributed by atoms with Crippen LogP contribution in [0.25, 0.3) is 0 Å². The maximum absolute atomic E-state index is 12.2. The molecule has 0 saturated carbocycles. The van der Waals surface area contributed by atoms with Gasteiger partial charge in [0, 0.05) is 30.3 Å².